The number of fused-ring (bicyclic) bond motifs is 1. The predicted molar refractivity (Wildman–Crippen MR) is 158 cm³/mol. The minimum Gasteiger partial charge on any atom is -0.508 e. The van der Waals surface area contributed by atoms with Crippen LogP contribution in [0, 0.1) is 0 Å². The normalized spacial score (nSPS) is 19.6. The van der Waals surface area contributed by atoms with E-state index in [9.17, 15) is 5.11 Å². The standard InChI is InChI=1S/C31H47N7O/c1-5-8-28(37-18-13-32-14-19-37)30-34-27-20-24(22-33-29(27)38(30)15-6-2)23-36-16-11-31(12-17-36,35(3)4)25-9-7-10-26(39)21-25/h7,9-10,20-22,28,32,39H,5-6,8,11-19,23H2,1-4H3/t28-/m0/s1. The number of nitrogens with one attached hydrogen (secondary N) is 1. The lowest BCUT2D eigenvalue weighted by Gasteiger charge is -2.46. The quantitative estimate of drug-likeness (QED) is 0.402. The number of pyridine rings is 1. The number of benzene rings is 1. The van der Waals surface area contributed by atoms with Gasteiger partial charge >= 0.3 is 0 Å². The zero-order valence-electron chi connectivity index (χ0n) is 24.4. The average Bonchev–Trinajstić information content (AvgIpc) is 3.30. The maximum absolute atomic E-state index is 10.1. The molecule has 5 rings (SSSR count). The molecule has 0 amide bonds. The smallest absolute Gasteiger partial charge is 0.160 e. The van der Waals surface area contributed by atoms with E-state index in [-0.39, 0.29) is 5.54 Å². The SMILES string of the molecule is CCC[C@@H](c1nc2cc(CN3CCC(c4cccc(O)c4)(N(C)C)CC3)cnc2n1CCC)N1CCNCC1. The third-order valence-corrected chi connectivity index (χ3v) is 8.90. The number of hydrogen-bond donors (Lipinski definition) is 2. The molecule has 8 heteroatoms. The summed E-state index contributed by atoms with van der Waals surface area (Å²) >= 11 is 0. The van der Waals surface area contributed by atoms with Crippen molar-refractivity contribution in [3.05, 3.63) is 53.5 Å². The summed E-state index contributed by atoms with van der Waals surface area (Å²) in [7, 11) is 4.32. The van der Waals surface area contributed by atoms with E-state index in [0.717, 1.165) is 95.6 Å². The van der Waals surface area contributed by atoms with Gasteiger partial charge in [-0.1, -0.05) is 32.4 Å². The number of nitrogens with zero attached hydrogens (tertiary/aromatic N) is 6. The Morgan fingerprint density at radius 2 is 1.82 bits per heavy atom. The number of hydrogen-bond acceptors (Lipinski definition) is 7. The summed E-state index contributed by atoms with van der Waals surface area (Å²) in [5.41, 5.74) is 4.45. The van der Waals surface area contributed by atoms with E-state index in [1.165, 1.54) is 17.0 Å². The number of aromatic hydroxyl groups is 1. The number of piperidine rings is 1. The van der Waals surface area contributed by atoms with E-state index >= 15 is 0 Å². The van der Waals surface area contributed by atoms with E-state index in [0.29, 0.717) is 11.8 Å². The fourth-order valence-electron chi connectivity index (χ4n) is 6.73. The van der Waals surface area contributed by atoms with Crippen LogP contribution in [-0.4, -0.2) is 87.7 Å². The van der Waals surface area contributed by atoms with Gasteiger partial charge in [0.05, 0.1) is 6.04 Å². The van der Waals surface area contributed by atoms with Crippen molar-refractivity contribution in [2.75, 3.05) is 53.4 Å². The summed E-state index contributed by atoms with van der Waals surface area (Å²) in [5.74, 6) is 1.54. The molecule has 0 spiro atoms. The van der Waals surface area contributed by atoms with Crippen molar-refractivity contribution in [1.82, 2.24) is 34.6 Å². The Bertz CT molecular complexity index is 1220. The first-order valence-corrected chi connectivity index (χ1v) is 14.9. The van der Waals surface area contributed by atoms with Crippen molar-refractivity contribution < 1.29 is 5.11 Å². The molecule has 0 unspecified atom stereocenters. The van der Waals surface area contributed by atoms with Crippen LogP contribution in [0.4, 0.5) is 0 Å². The van der Waals surface area contributed by atoms with Gasteiger partial charge in [0.25, 0.3) is 0 Å². The molecule has 0 aliphatic carbocycles. The van der Waals surface area contributed by atoms with Crippen LogP contribution in [0.15, 0.2) is 36.5 Å². The Labute approximate surface area is 234 Å². The number of imidazole rings is 1. The summed E-state index contributed by atoms with van der Waals surface area (Å²) in [6.07, 6.45) is 7.47. The molecule has 2 aliphatic rings. The maximum atomic E-state index is 10.1. The first-order chi connectivity index (χ1) is 18.9. The number of phenols is 1. The Morgan fingerprint density at radius 3 is 2.49 bits per heavy atom. The third-order valence-electron chi connectivity index (χ3n) is 8.90. The van der Waals surface area contributed by atoms with Crippen LogP contribution < -0.4 is 5.32 Å². The van der Waals surface area contributed by atoms with Crippen molar-refractivity contribution in [1.29, 1.82) is 0 Å². The molecular weight excluding hydrogens is 486 g/mol. The number of rotatable bonds is 10. The van der Waals surface area contributed by atoms with E-state index in [1.807, 2.05) is 12.1 Å². The van der Waals surface area contributed by atoms with Crippen LogP contribution in [0.25, 0.3) is 11.2 Å². The van der Waals surface area contributed by atoms with Gasteiger partial charge in [-0.3, -0.25) is 14.7 Å². The van der Waals surface area contributed by atoms with Gasteiger partial charge in [0.2, 0.25) is 0 Å². The van der Waals surface area contributed by atoms with Crippen molar-refractivity contribution in [2.24, 2.45) is 0 Å². The fourth-order valence-corrected chi connectivity index (χ4v) is 6.73. The largest absolute Gasteiger partial charge is 0.508 e. The molecule has 0 saturated carbocycles. The highest BCUT2D eigenvalue weighted by Crippen LogP contribution is 2.39. The molecule has 39 heavy (non-hydrogen) atoms. The highest BCUT2D eigenvalue weighted by atomic mass is 16.3. The second-order valence-corrected chi connectivity index (χ2v) is 11.7. The summed E-state index contributed by atoms with van der Waals surface area (Å²) in [5, 5.41) is 13.6. The molecule has 2 aliphatic heterocycles. The van der Waals surface area contributed by atoms with Gasteiger partial charge in [-0.2, -0.15) is 0 Å². The molecule has 1 atom stereocenters. The van der Waals surface area contributed by atoms with E-state index in [4.69, 9.17) is 9.97 Å². The summed E-state index contributed by atoms with van der Waals surface area (Å²) in [6, 6.07) is 10.4. The fraction of sp³-hybridized carbons (Fsp3) is 0.613. The average molecular weight is 534 g/mol. The monoisotopic (exact) mass is 533 g/mol. The van der Waals surface area contributed by atoms with Crippen LogP contribution in [0.2, 0.25) is 0 Å². The molecule has 2 N–H and O–H groups in total. The summed E-state index contributed by atoms with van der Waals surface area (Å²) in [4.78, 5) is 17.7. The van der Waals surface area contributed by atoms with Gasteiger partial charge in [-0.05, 0) is 69.1 Å². The second kappa shape index (κ2) is 12.3. The second-order valence-electron chi connectivity index (χ2n) is 11.7. The Morgan fingerprint density at radius 1 is 1.05 bits per heavy atom. The predicted octanol–water partition coefficient (Wildman–Crippen LogP) is 4.35. The van der Waals surface area contributed by atoms with E-state index in [1.54, 1.807) is 6.07 Å². The van der Waals surface area contributed by atoms with Crippen LogP contribution in [0.5, 0.6) is 5.75 Å². The van der Waals surface area contributed by atoms with Gasteiger partial charge in [0.1, 0.15) is 17.1 Å². The Kier molecular flexibility index (Phi) is 8.86. The number of likely N-dealkylation sites (tertiary alicyclic amines) is 1. The summed E-state index contributed by atoms with van der Waals surface area (Å²) in [6.45, 7) is 12.6. The zero-order valence-corrected chi connectivity index (χ0v) is 24.4. The van der Waals surface area contributed by atoms with Crippen LogP contribution in [0.1, 0.15) is 68.9 Å². The van der Waals surface area contributed by atoms with Gasteiger partial charge in [0.15, 0.2) is 5.65 Å². The molecule has 1 aromatic carbocycles. The molecule has 0 radical (unpaired) electrons. The molecule has 2 fully saturated rings. The van der Waals surface area contributed by atoms with Gasteiger partial charge in [-0.15, -0.1) is 0 Å². The van der Waals surface area contributed by atoms with Crippen LogP contribution >= 0.6 is 0 Å². The van der Waals surface area contributed by atoms with Gasteiger partial charge < -0.3 is 15.0 Å². The van der Waals surface area contributed by atoms with E-state index < -0.39 is 0 Å². The number of phenolic OH excluding ortho intramolecular Hbond substituents is 1. The lowest BCUT2D eigenvalue weighted by Crippen LogP contribution is -2.50. The van der Waals surface area contributed by atoms with Crippen LogP contribution in [-0.2, 0) is 18.6 Å². The molecule has 3 aromatic rings. The molecular formula is C31H47N7O. The van der Waals surface area contributed by atoms with Crippen molar-refractivity contribution in [2.45, 2.75) is 70.6 Å². The topological polar surface area (TPSA) is 72.7 Å². The van der Waals surface area contributed by atoms with Crippen molar-refractivity contribution >= 4 is 11.2 Å². The van der Waals surface area contributed by atoms with Gasteiger partial charge in [-0.25, -0.2) is 9.97 Å². The Balaban J connectivity index is 1.35. The molecule has 2 aromatic heterocycles. The molecule has 4 heterocycles. The molecule has 8 nitrogen and oxygen atoms in total. The first kappa shape index (κ1) is 28.0. The summed E-state index contributed by atoms with van der Waals surface area (Å²) < 4.78 is 2.39. The Hall–Kier alpha value is -2.52. The first-order valence-electron chi connectivity index (χ1n) is 14.9. The van der Waals surface area contributed by atoms with Crippen molar-refractivity contribution in [3.8, 4) is 5.75 Å². The highest BCUT2D eigenvalue weighted by Gasteiger charge is 2.38. The lowest BCUT2D eigenvalue weighted by molar-refractivity contribution is 0.0505. The van der Waals surface area contributed by atoms with E-state index in [2.05, 4.69) is 70.9 Å². The lowest BCUT2D eigenvalue weighted by atomic mass is 9.79. The number of aromatic nitrogens is 3. The maximum Gasteiger partial charge on any atom is 0.160 e. The zero-order chi connectivity index (χ0) is 27.4. The molecule has 2 saturated heterocycles. The molecule has 0 bridgehead atoms. The minimum absolute atomic E-state index is 0.0520. The van der Waals surface area contributed by atoms with Crippen molar-refractivity contribution in [3.63, 3.8) is 0 Å². The number of aryl methyl sites for hydroxylation is 1. The van der Waals surface area contributed by atoms with Crippen LogP contribution in [0.3, 0.4) is 0 Å². The van der Waals surface area contributed by atoms with Gasteiger partial charge in [0, 0.05) is 64.1 Å². The minimum atomic E-state index is -0.0520. The highest BCUT2D eigenvalue weighted by molar-refractivity contribution is 5.72. The molecule has 212 valence electrons. The third kappa shape index (κ3) is 5.85. The number of piperazine rings is 1.